The van der Waals surface area contributed by atoms with Crippen LogP contribution in [0.4, 0.5) is 14.6 Å². The van der Waals surface area contributed by atoms with Gasteiger partial charge in [0.2, 0.25) is 5.88 Å². The Morgan fingerprint density at radius 3 is 2.81 bits per heavy atom. The molecule has 0 aliphatic carbocycles. The number of nitrogens with one attached hydrogen (secondary N) is 1. The summed E-state index contributed by atoms with van der Waals surface area (Å²) in [4.78, 5) is 18.2. The van der Waals surface area contributed by atoms with Crippen molar-refractivity contribution in [2.75, 3.05) is 18.1 Å². The van der Waals surface area contributed by atoms with Crippen molar-refractivity contribution in [3.63, 3.8) is 0 Å². The van der Waals surface area contributed by atoms with Crippen molar-refractivity contribution in [2.45, 2.75) is 31.7 Å². The molecule has 0 saturated carbocycles. The molecule has 0 aromatic carbocycles. The lowest BCUT2D eigenvalue weighted by atomic mass is 10.0. The number of H-pyrrole nitrogens is 1. The van der Waals surface area contributed by atoms with Gasteiger partial charge in [0.05, 0.1) is 6.04 Å². The Hall–Kier alpha value is -2.91. The molecular weight excluding hydrogens is 344 g/mol. The summed E-state index contributed by atoms with van der Waals surface area (Å²) in [5, 5.41) is 7.22. The van der Waals surface area contributed by atoms with Gasteiger partial charge in [-0.2, -0.15) is 5.10 Å². The molecule has 4 heterocycles. The number of fused-ring (bicyclic) bond motifs is 1. The van der Waals surface area contributed by atoms with Crippen molar-refractivity contribution in [1.82, 2.24) is 30.1 Å². The fourth-order valence-electron chi connectivity index (χ4n) is 3.17. The first kappa shape index (κ1) is 16.6. The first-order valence-corrected chi connectivity index (χ1v) is 8.37. The summed E-state index contributed by atoms with van der Waals surface area (Å²) in [5.74, 6) is 0.578. The molecule has 3 aromatic rings. The van der Waals surface area contributed by atoms with E-state index in [0.717, 1.165) is 25.8 Å². The Labute approximate surface area is 147 Å². The Kier molecular flexibility index (Phi) is 4.55. The van der Waals surface area contributed by atoms with E-state index in [-0.39, 0.29) is 18.5 Å². The minimum absolute atomic E-state index is 0.0233. The van der Waals surface area contributed by atoms with E-state index >= 15 is 0 Å². The normalized spacial score (nSPS) is 17.8. The quantitative estimate of drug-likeness (QED) is 0.746. The van der Waals surface area contributed by atoms with Gasteiger partial charge in [-0.1, -0.05) is 0 Å². The number of nitrogens with zero attached hydrogens (tertiary/aromatic N) is 6. The van der Waals surface area contributed by atoms with Crippen molar-refractivity contribution in [1.29, 1.82) is 0 Å². The zero-order valence-corrected chi connectivity index (χ0v) is 13.8. The first-order valence-electron chi connectivity index (χ1n) is 8.37. The van der Waals surface area contributed by atoms with Crippen LogP contribution in [0.25, 0.3) is 11.2 Å². The second kappa shape index (κ2) is 7.14. The van der Waals surface area contributed by atoms with Crippen molar-refractivity contribution < 1.29 is 13.5 Å². The average molecular weight is 361 g/mol. The third-order valence-electron chi connectivity index (χ3n) is 4.39. The lowest BCUT2D eigenvalue weighted by molar-refractivity contribution is 0.136. The van der Waals surface area contributed by atoms with Crippen molar-refractivity contribution in [3.05, 3.63) is 30.5 Å². The maximum atomic E-state index is 13.0. The molecule has 4 rings (SSSR count). The second-order valence-electron chi connectivity index (χ2n) is 6.00. The van der Waals surface area contributed by atoms with Gasteiger partial charge in [0.25, 0.3) is 6.43 Å². The van der Waals surface area contributed by atoms with E-state index in [2.05, 4.69) is 35.0 Å². The zero-order chi connectivity index (χ0) is 17.9. The number of halogens is 2. The Morgan fingerprint density at radius 1 is 1.12 bits per heavy atom. The fourth-order valence-corrected chi connectivity index (χ4v) is 3.17. The Bertz CT molecular complexity index is 888. The highest BCUT2D eigenvalue weighted by Gasteiger charge is 2.28. The van der Waals surface area contributed by atoms with Gasteiger partial charge in [0, 0.05) is 31.3 Å². The molecular formula is C16H17F2N7O. The number of hydrogen-bond donors (Lipinski definition) is 1. The van der Waals surface area contributed by atoms with Crippen LogP contribution < -0.4 is 9.64 Å². The predicted molar refractivity (Wildman–Crippen MR) is 89.2 cm³/mol. The van der Waals surface area contributed by atoms with Gasteiger partial charge in [-0.05, 0) is 19.3 Å². The molecule has 8 nitrogen and oxygen atoms in total. The van der Waals surface area contributed by atoms with Crippen LogP contribution in [0, 0.1) is 0 Å². The molecule has 0 spiro atoms. The molecule has 1 aliphatic rings. The predicted octanol–water partition coefficient (Wildman–Crippen LogP) is 2.52. The molecule has 1 fully saturated rings. The van der Waals surface area contributed by atoms with E-state index < -0.39 is 12.1 Å². The molecule has 0 amide bonds. The minimum atomic E-state index is -2.73. The first-order chi connectivity index (χ1) is 12.7. The van der Waals surface area contributed by atoms with E-state index in [9.17, 15) is 8.78 Å². The van der Waals surface area contributed by atoms with Gasteiger partial charge in [-0.25, -0.2) is 28.7 Å². The number of aromatic amines is 1. The number of hydrogen-bond acceptors (Lipinski definition) is 7. The summed E-state index contributed by atoms with van der Waals surface area (Å²) >= 11 is 0. The maximum absolute atomic E-state index is 13.0. The van der Waals surface area contributed by atoms with Crippen LogP contribution in [-0.2, 0) is 0 Å². The SMILES string of the molecule is FC(F)c1nccnc1OCC1CCCCN1c1n[nH]c2nccnc12. The maximum Gasteiger partial charge on any atom is 0.285 e. The lowest BCUT2D eigenvalue weighted by Crippen LogP contribution is -2.43. The molecule has 1 unspecified atom stereocenters. The summed E-state index contributed by atoms with van der Waals surface area (Å²) in [7, 11) is 0. The van der Waals surface area contributed by atoms with Gasteiger partial charge in [0.1, 0.15) is 6.61 Å². The molecule has 1 atom stereocenters. The number of rotatable bonds is 5. The van der Waals surface area contributed by atoms with E-state index in [1.807, 2.05) is 0 Å². The molecule has 0 bridgehead atoms. The molecule has 1 aliphatic heterocycles. The smallest absolute Gasteiger partial charge is 0.285 e. The number of aromatic nitrogens is 6. The lowest BCUT2D eigenvalue weighted by Gasteiger charge is -2.35. The van der Waals surface area contributed by atoms with E-state index in [1.54, 1.807) is 12.4 Å². The highest BCUT2D eigenvalue weighted by Crippen LogP contribution is 2.29. The third kappa shape index (κ3) is 3.14. The molecule has 1 saturated heterocycles. The van der Waals surface area contributed by atoms with Gasteiger partial charge in [-0.15, -0.1) is 0 Å². The Balaban J connectivity index is 1.55. The molecule has 3 aromatic heterocycles. The highest BCUT2D eigenvalue weighted by atomic mass is 19.3. The molecule has 136 valence electrons. The molecule has 10 heteroatoms. The van der Waals surface area contributed by atoms with Gasteiger partial charge < -0.3 is 9.64 Å². The summed E-state index contributed by atoms with van der Waals surface area (Å²) in [6.45, 7) is 1.000. The van der Waals surface area contributed by atoms with Crippen molar-refractivity contribution in [3.8, 4) is 5.88 Å². The van der Waals surface area contributed by atoms with Crippen LogP contribution >= 0.6 is 0 Å². The van der Waals surface area contributed by atoms with Gasteiger partial charge in [-0.3, -0.25) is 5.10 Å². The zero-order valence-electron chi connectivity index (χ0n) is 13.8. The van der Waals surface area contributed by atoms with Crippen LogP contribution in [0.2, 0.25) is 0 Å². The van der Waals surface area contributed by atoms with Crippen LogP contribution in [-0.4, -0.2) is 49.3 Å². The van der Waals surface area contributed by atoms with Gasteiger partial charge >= 0.3 is 0 Å². The second-order valence-corrected chi connectivity index (χ2v) is 6.00. The van der Waals surface area contributed by atoms with Gasteiger partial charge in [0.15, 0.2) is 22.7 Å². The summed E-state index contributed by atoms with van der Waals surface area (Å²) in [6.07, 6.45) is 5.96. The molecule has 26 heavy (non-hydrogen) atoms. The van der Waals surface area contributed by atoms with E-state index in [0.29, 0.717) is 17.0 Å². The highest BCUT2D eigenvalue weighted by molar-refractivity contribution is 5.83. The van der Waals surface area contributed by atoms with E-state index in [4.69, 9.17) is 4.74 Å². The van der Waals surface area contributed by atoms with Crippen molar-refractivity contribution >= 4 is 17.0 Å². The van der Waals surface area contributed by atoms with Crippen LogP contribution in [0.5, 0.6) is 5.88 Å². The number of anilines is 1. The number of alkyl halides is 2. The largest absolute Gasteiger partial charge is 0.474 e. The van der Waals surface area contributed by atoms with Crippen LogP contribution in [0.3, 0.4) is 0 Å². The monoisotopic (exact) mass is 361 g/mol. The minimum Gasteiger partial charge on any atom is -0.474 e. The summed E-state index contributed by atoms with van der Waals surface area (Å²) in [5.41, 5.74) is 0.861. The summed E-state index contributed by atoms with van der Waals surface area (Å²) < 4.78 is 31.7. The molecule has 1 N–H and O–H groups in total. The topological polar surface area (TPSA) is 92.7 Å². The van der Waals surface area contributed by atoms with Crippen molar-refractivity contribution in [2.24, 2.45) is 0 Å². The Morgan fingerprint density at radius 2 is 1.92 bits per heavy atom. The van der Waals surface area contributed by atoms with E-state index in [1.165, 1.54) is 12.4 Å². The average Bonchev–Trinajstić information content (AvgIpc) is 3.11. The fraction of sp³-hybridized carbons (Fsp3) is 0.438. The summed E-state index contributed by atoms with van der Waals surface area (Å²) in [6, 6.07) is -0.0233. The number of ether oxygens (including phenoxy) is 1. The molecule has 0 radical (unpaired) electrons. The van der Waals surface area contributed by atoms with Crippen LogP contribution in [0.15, 0.2) is 24.8 Å². The van der Waals surface area contributed by atoms with Crippen LogP contribution in [0.1, 0.15) is 31.4 Å². The standard InChI is InChI=1S/C16H17F2N7O/c17-13(18)11-16(22-7-5-19-11)26-9-10-3-1-2-8-25(10)15-12-14(23-24-15)21-6-4-20-12/h4-7,10,13H,1-3,8-9H2,(H,21,23,24). The number of piperidine rings is 1. The third-order valence-corrected chi connectivity index (χ3v) is 4.39.